The molecule has 3 nitrogen and oxygen atoms in total. The van der Waals surface area contributed by atoms with Crippen LogP contribution in [-0.4, -0.2) is 17.1 Å². The molecule has 0 aliphatic carbocycles. The zero-order valence-corrected chi connectivity index (χ0v) is 9.30. The van der Waals surface area contributed by atoms with Crippen molar-refractivity contribution < 1.29 is 17.9 Å². The molecule has 1 aromatic carbocycles. The standard InChI is InChI=1S/C10H6ClF3N2O/c1-17-6-4-2-3-5-7(6)15-9(11)16-8(5)10(12,13)14/h2-4H,1H3. The van der Waals surface area contributed by atoms with E-state index >= 15 is 0 Å². The van der Waals surface area contributed by atoms with Crippen LogP contribution in [0.4, 0.5) is 13.2 Å². The van der Waals surface area contributed by atoms with E-state index in [0.29, 0.717) is 0 Å². The van der Waals surface area contributed by atoms with Crippen LogP contribution < -0.4 is 4.74 Å². The summed E-state index contributed by atoms with van der Waals surface area (Å²) in [6, 6.07) is 4.22. The Morgan fingerprint density at radius 3 is 2.53 bits per heavy atom. The molecule has 0 atom stereocenters. The molecule has 0 bridgehead atoms. The van der Waals surface area contributed by atoms with E-state index in [1.54, 1.807) is 0 Å². The molecule has 0 amide bonds. The highest BCUT2D eigenvalue weighted by Crippen LogP contribution is 2.35. The van der Waals surface area contributed by atoms with Crippen LogP contribution in [0.3, 0.4) is 0 Å². The molecular weight excluding hydrogens is 257 g/mol. The monoisotopic (exact) mass is 262 g/mol. The van der Waals surface area contributed by atoms with Gasteiger partial charge in [-0.25, -0.2) is 9.97 Å². The summed E-state index contributed by atoms with van der Waals surface area (Å²) in [5.74, 6) is 0.220. The summed E-state index contributed by atoms with van der Waals surface area (Å²) in [6.07, 6.45) is -4.59. The zero-order valence-electron chi connectivity index (χ0n) is 8.55. The predicted octanol–water partition coefficient (Wildman–Crippen LogP) is 3.31. The molecule has 90 valence electrons. The molecule has 0 saturated heterocycles. The molecule has 0 aliphatic rings. The van der Waals surface area contributed by atoms with E-state index in [2.05, 4.69) is 9.97 Å². The third-order valence-electron chi connectivity index (χ3n) is 2.15. The van der Waals surface area contributed by atoms with Gasteiger partial charge in [0.2, 0.25) is 5.28 Å². The molecule has 0 radical (unpaired) electrons. The van der Waals surface area contributed by atoms with Gasteiger partial charge in [0.15, 0.2) is 5.69 Å². The largest absolute Gasteiger partial charge is 0.494 e. The van der Waals surface area contributed by atoms with Gasteiger partial charge in [-0.05, 0) is 17.7 Å². The molecule has 0 spiro atoms. The van der Waals surface area contributed by atoms with Crippen LogP contribution in [0.2, 0.25) is 5.28 Å². The van der Waals surface area contributed by atoms with Crippen molar-refractivity contribution in [1.82, 2.24) is 9.97 Å². The Hall–Kier alpha value is -1.56. The topological polar surface area (TPSA) is 35.0 Å². The summed E-state index contributed by atoms with van der Waals surface area (Å²) in [4.78, 5) is 6.97. The lowest BCUT2D eigenvalue weighted by Crippen LogP contribution is -2.10. The first-order valence-electron chi connectivity index (χ1n) is 4.51. The Morgan fingerprint density at radius 1 is 1.24 bits per heavy atom. The van der Waals surface area contributed by atoms with Gasteiger partial charge < -0.3 is 4.74 Å². The van der Waals surface area contributed by atoms with Crippen LogP contribution in [0.15, 0.2) is 18.2 Å². The van der Waals surface area contributed by atoms with Crippen molar-refractivity contribution in [3.8, 4) is 5.75 Å². The van der Waals surface area contributed by atoms with Crippen molar-refractivity contribution in [1.29, 1.82) is 0 Å². The number of hydrogen-bond donors (Lipinski definition) is 0. The van der Waals surface area contributed by atoms with E-state index in [1.807, 2.05) is 0 Å². The predicted molar refractivity (Wildman–Crippen MR) is 56.1 cm³/mol. The van der Waals surface area contributed by atoms with Gasteiger partial charge in [0, 0.05) is 5.39 Å². The van der Waals surface area contributed by atoms with Crippen LogP contribution in [0.1, 0.15) is 5.69 Å². The van der Waals surface area contributed by atoms with Gasteiger partial charge in [0.05, 0.1) is 7.11 Å². The Labute approximate surface area is 99.2 Å². The summed E-state index contributed by atoms with van der Waals surface area (Å²) in [7, 11) is 1.35. The molecule has 0 N–H and O–H groups in total. The highest BCUT2D eigenvalue weighted by atomic mass is 35.5. The molecule has 2 rings (SSSR count). The number of rotatable bonds is 1. The van der Waals surface area contributed by atoms with Gasteiger partial charge in [0.25, 0.3) is 0 Å². The Kier molecular flexibility index (Phi) is 2.82. The van der Waals surface area contributed by atoms with Crippen LogP contribution in [0, 0.1) is 0 Å². The zero-order chi connectivity index (χ0) is 12.6. The maximum absolute atomic E-state index is 12.7. The van der Waals surface area contributed by atoms with Crippen molar-refractivity contribution >= 4 is 22.5 Å². The van der Waals surface area contributed by atoms with E-state index in [9.17, 15) is 13.2 Å². The van der Waals surface area contributed by atoms with Gasteiger partial charge in [-0.3, -0.25) is 0 Å². The van der Waals surface area contributed by atoms with Gasteiger partial charge in [-0.15, -0.1) is 0 Å². The third kappa shape index (κ3) is 2.12. The summed E-state index contributed by atoms with van der Waals surface area (Å²) in [5.41, 5.74) is -1.02. The highest BCUT2D eigenvalue weighted by molar-refractivity contribution is 6.28. The minimum Gasteiger partial charge on any atom is -0.494 e. The SMILES string of the molecule is COc1cccc2c(C(F)(F)F)nc(Cl)nc12. The molecule has 7 heteroatoms. The Morgan fingerprint density at radius 2 is 1.94 bits per heavy atom. The van der Waals surface area contributed by atoms with Crippen molar-refractivity contribution in [2.24, 2.45) is 0 Å². The fourth-order valence-electron chi connectivity index (χ4n) is 1.48. The van der Waals surface area contributed by atoms with Gasteiger partial charge in [-0.2, -0.15) is 13.2 Å². The fraction of sp³-hybridized carbons (Fsp3) is 0.200. The van der Waals surface area contributed by atoms with E-state index in [1.165, 1.54) is 25.3 Å². The molecular formula is C10H6ClF3N2O. The van der Waals surface area contributed by atoms with E-state index < -0.39 is 17.2 Å². The van der Waals surface area contributed by atoms with Gasteiger partial charge in [-0.1, -0.05) is 12.1 Å². The van der Waals surface area contributed by atoms with E-state index in [0.717, 1.165) is 0 Å². The first-order chi connectivity index (χ1) is 7.93. The van der Waals surface area contributed by atoms with Gasteiger partial charge >= 0.3 is 6.18 Å². The third-order valence-corrected chi connectivity index (χ3v) is 2.32. The molecule has 0 aliphatic heterocycles. The number of methoxy groups -OCH3 is 1. The van der Waals surface area contributed by atoms with Crippen molar-refractivity contribution in [2.75, 3.05) is 7.11 Å². The normalized spacial score (nSPS) is 11.8. The number of halogens is 4. The average Bonchev–Trinajstić information content (AvgIpc) is 2.26. The molecule has 17 heavy (non-hydrogen) atoms. The fourth-order valence-corrected chi connectivity index (χ4v) is 1.65. The molecule has 0 fully saturated rings. The smallest absolute Gasteiger partial charge is 0.434 e. The number of hydrogen-bond acceptors (Lipinski definition) is 3. The molecule has 1 aromatic heterocycles. The number of nitrogens with zero attached hydrogens (tertiary/aromatic N) is 2. The van der Waals surface area contributed by atoms with Crippen molar-refractivity contribution in [3.63, 3.8) is 0 Å². The minimum atomic E-state index is -4.59. The van der Waals surface area contributed by atoms with Crippen LogP contribution >= 0.6 is 11.6 Å². The maximum Gasteiger partial charge on any atom is 0.434 e. The average molecular weight is 263 g/mol. The number of alkyl halides is 3. The minimum absolute atomic E-state index is 0.0438. The Bertz CT molecular complexity index is 571. The quantitative estimate of drug-likeness (QED) is 0.740. The number of para-hydroxylation sites is 1. The van der Waals surface area contributed by atoms with Crippen molar-refractivity contribution in [3.05, 3.63) is 29.2 Å². The highest BCUT2D eigenvalue weighted by Gasteiger charge is 2.35. The van der Waals surface area contributed by atoms with Crippen LogP contribution in [0.5, 0.6) is 5.75 Å². The number of aromatic nitrogens is 2. The lowest BCUT2D eigenvalue weighted by atomic mass is 10.1. The van der Waals surface area contributed by atoms with E-state index in [-0.39, 0.29) is 16.7 Å². The first-order valence-corrected chi connectivity index (χ1v) is 4.88. The van der Waals surface area contributed by atoms with E-state index in [4.69, 9.17) is 16.3 Å². The van der Waals surface area contributed by atoms with Crippen LogP contribution in [-0.2, 0) is 6.18 Å². The second-order valence-electron chi connectivity index (χ2n) is 3.20. The maximum atomic E-state index is 12.7. The number of fused-ring (bicyclic) bond motifs is 1. The first kappa shape index (κ1) is 11.9. The summed E-state index contributed by atoms with van der Waals surface area (Å²) in [6.45, 7) is 0. The summed E-state index contributed by atoms with van der Waals surface area (Å²) in [5, 5.41) is -0.601. The molecule has 1 heterocycles. The lowest BCUT2D eigenvalue weighted by Gasteiger charge is -2.11. The lowest BCUT2D eigenvalue weighted by molar-refractivity contribution is -0.139. The molecule has 0 unspecified atom stereocenters. The summed E-state index contributed by atoms with van der Waals surface area (Å²) >= 11 is 5.48. The van der Waals surface area contributed by atoms with Crippen LogP contribution in [0.25, 0.3) is 10.9 Å². The molecule has 2 aromatic rings. The second kappa shape index (κ2) is 4.03. The van der Waals surface area contributed by atoms with Crippen molar-refractivity contribution in [2.45, 2.75) is 6.18 Å². The number of ether oxygens (including phenoxy) is 1. The second-order valence-corrected chi connectivity index (χ2v) is 3.53. The molecule has 0 saturated carbocycles. The van der Waals surface area contributed by atoms with Gasteiger partial charge in [0.1, 0.15) is 11.3 Å². The summed E-state index contributed by atoms with van der Waals surface area (Å²) < 4.78 is 43.2. The number of benzene rings is 1. The Balaban J connectivity index is 2.86.